The van der Waals surface area contributed by atoms with Crippen molar-refractivity contribution >= 4 is 52.8 Å². The van der Waals surface area contributed by atoms with Crippen molar-refractivity contribution in [2.24, 2.45) is 5.73 Å². The number of nitrogens with zero attached hydrogens (tertiary/aromatic N) is 6. The number of nitrogens with one attached hydrogen (secondary N) is 5. The van der Waals surface area contributed by atoms with Crippen molar-refractivity contribution in [2.75, 3.05) is 81.0 Å². The smallest absolute Gasteiger partial charge is 0.326 e. The van der Waals surface area contributed by atoms with Crippen LogP contribution in [-0.4, -0.2) is 96.2 Å². The molecule has 0 saturated carbocycles. The van der Waals surface area contributed by atoms with Gasteiger partial charge in [0, 0.05) is 35.4 Å². The van der Waals surface area contributed by atoms with Gasteiger partial charge in [-0.15, -0.1) is 0 Å². The lowest BCUT2D eigenvalue weighted by Crippen LogP contribution is -2.21. The molecule has 0 bridgehead atoms. The molecule has 332 valence electrons. The number of anilines is 5. The van der Waals surface area contributed by atoms with Crippen molar-refractivity contribution < 1.29 is 19.1 Å². The Labute approximate surface area is 374 Å². The largest absolute Gasteiger partial charge is 0.457 e. The summed E-state index contributed by atoms with van der Waals surface area (Å²) in [5.74, 6) is 3.93. The first kappa shape index (κ1) is 48.8. The van der Waals surface area contributed by atoms with E-state index in [-0.39, 0.29) is 17.0 Å². The molecule has 0 aliphatic carbocycles. The molecule has 0 unspecified atom stereocenters. The summed E-state index contributed by atoms with van der Waals surface area (Å²) in [5.41, 5.74) is 7.92. The van der Waals surface area contributed by atoms with Gasteiger partial charge in [-0.3, -0.25) is 10.6 Å². The number of benzene rings is 4. The number of aromatic nitrogens is 4. The molecule has 0 spiro atoms. The summed E-state index contributed by atoms with van der Waals surface area (Å²) in [7, 11) is 8.18. The van der Waals surface area contributed by atoms with Crippen molar-refractivity contribution in [1.82, 2.24) is 29.7 Å². The van der Waals surface area contributed by atoms with Crippen LogP contribution in [0.15, 0.2) is 121 Å². The van der Waals surface area contributed by atoms with Crippen LogP contribution in [0.3, 0.4) is 0 Å². The number of halogens is 1. The van der Waals surface area contributed by atoms with Crippen LogP contribution in [0.4, 0.5) is 38.7 Å². The molecule has 0 fully saturated rings. The molecule has 0 aliphatic heterocycles. The normalized spacial score (nSPS) is 10.4. The Hall–Kier alpha value is -6.85. The molecule has 7 N–H and O–H groups in total. The number of hydrogen-bond donors (Lipinski definition) is 6. The molecule has 16 nitrogen and oxygen atoms in total. The number of carbonyl (C=O) groups is 2. The van der Waals surface area contributed by atoms with E-state index in [1.54, 1.807) is 61.5 Å². The predicted octanol–water partition coefficient (Wildman–Crippen LogP) is 9.36. The van der Waals surface area contributed by atoms with E-state index in [0.29, 0.717) is 34.4 Å². The number of rotatable bonds is 16. The van der Waals surface area contributed by atoms with Gasteiger partial charge >= 0.3 is 12.1 Å². The first-order chi connectivity index (χ1) is 30.3. The Kier molecular flexibility index (Phi) is 20.5. The average molecular weight is 877 g/mol. The van der Waals surface area contributed by atoms with Crippen LogP contribution in [0.2, 0.25) is 5.15 Å². The van der Waals surface area contributed by atoms with E-state index in [9.17, 15) is 9.59 Å². The van der Waals surface area contributed by atoms with Gasteiger partial charge in [0.05, 0.1) is 0 Å². The van der Waals surface area contributed by atoms with E-state index in [2.05, 4.69) is 70.4 Å². The Morgan fingerprint density at radius 1 is 0.571 bits per heavy atom. The Bertz CT molecular complexity index is 2250. The third-order valence-corrected chi connectivity index (χ3v) is 8.40. The number of aryl methyl sites for hydroxylation is 2. The van der Waals surface area contributed by atoms with Crippen molar-refractivity contribution in [2.45, 2.75) is 26.7 Å². The summed E-state index contributed by atoms with van der Waals surface area (Å²) in [6, 6.07) is 35.7. The van der Waals surface area contributed by atoms with Crippen LogP contribution in [0.25, 0.3) is 0 Å². The Balaban J connectivity index is 0.000000244. The van der Waals surface area contributed by atoms with Crippen LogP contribution in [0.1, 0.15) is 24.2 Å². The number of amides is 4. The van der Waals surface area contributed by atoms with Gasteiger partial charge < -0.3 is 41.0 Å². The Morgan fingerprint density at radius 3 is 1.43 bits per heavy atom. The lowest BCUT2D eigenvalue weighted by Gasteiger charge is -2.12. The summed E-state index contributed by atoms with van der Waals surface area (Å²) in [6.45, 7) is 7.31. The van der Waals surface area contributed by atoms with Crippen molar-refractivity contribution in [1.29, 1.82) is 0 Å². The number of ether oxygens (including phenoxy) is 2. The van der Waals surface area contributed by atoms with Crippen LogP contribution in [0.5, 0.6) is 23.0 Å². The maximum atomic E-state index is 12.4. The van der Waals surface area contributed by atoms with E-state index in [4.69, 9.17) is 26.8 Å². The van der Waals surface area contributed by atoms with Crippen molar-refractivity contribution in [3.8, 4) is 23.0 Å². The summed E-state index contributed by atoms with van der Waals surface area (Å²) < 4.78 is 11.5. The fourth-order valence-corrected chi connectivity index (χ4v) is 5.55. The van der Waals surface area contributed by atoms with Gasteiger partial charge in [0.15, 0.2) is 0 Å². The molecule has 17 heteroatoms. The molecule has 6 rings (SSSR count). The highest BCUT2D eigenvalue weighted by atomic mass is 35.5. The van der Waals surface area contributed by atoms with E-state index in [0.717, 1.165) is 56.2 Å². The third-order valence-electron chi connectivity index (χ3n) is 8.21. The number of para-hydroxylation sites is 2. The minimum absolute atomic E-state index is 0.145. The monoisotopic (exact) mass is 876 g/mol. The molecule has 4 amide bonds. The summed E-state index contributed by atoms with van der Waals surface area (Å²) >= 11 is 5.84. The molecule has 0 aliphatic rings. The minimum Gasteiger partial charge on any atom is -0.457 e. The van der Waals surface area contributed by atoms with E-state index < -0.39 is 12.1 Å². The Morgan fingerprint density at radius 2 is 1.00 bits per heavy atom. The maximum Gasteiger partial charge on any atom is 0.326 e. The zero-order valence-corrected chi connectivity index (χ0v) is 37.3. The molecule has 63 heavy (non-hydrogen) atoms. The van der Waals surface area contributed by atoms with Gasteiger partial charge in [-0.05, 0) is 153 Å². The summed E-state index contributed by atoms with van der Waals surface area (Å²) in [5, 5.41) is 14.2. The highest BCUT2D eigenvalue weighted by Crippen LogP contribution is 2.24. The fourth-order valence-electron chi connectivity index (χ4n) is 5.31. The maximum absolute atomic E-state index is 12.4. The number of nitrogens with two attached hydrogens (primary N) is 1. The summed E-state index contributed by atoms with van der Waals surface area (Å²) in [4.78, 5) is 45.3. The third kappa shape index (κ3) is 20.0. The second kappa shape index (κ2) is 26.5. The fraction of sp³-hybridized carbons (Fsp3) is 0.261. The standard InChI is InChI=1S/C23H28N6O2.C18H15ClN4O2.C5H14N2/c1-17-16-21(24-14-7-15-29(2)3)27-22(25-17)28-23(30)26-18-10-12-20(13-11-18)31-19-8-5-4-6-9-19;1-12-11-16(19)22-17(20-12)23-18(24)21-13-7-9-15(10-8-13)25-14-5-3-2-4-6-14;1-7(2)5-3-4-6/h4-6,8-13,16H,7,14-15H2,1-3H3,(H3,24,25,26,27,28,30);2-11H,1H3,(H2,20,21,22,23,24);3-6H2,1-2H3. The van der Waals surface area contributed by atoms with Crippen LogP contribution in [-0.2, 0) is 0 Å². The van der Waals surface area contributed by atoms with Crippen LogP contribution < -0.4 is 41.8 Å². The molecule has 6 aromatic rings. The molecule has 2 aromatic heterocycles. The average Bonchev–Trinajstić information content (AvgIpc) is 3.23. The van der Waals surface area contributed by atoms with Gasteiger partial charge in [-0.25, -0.2) is 24.5 Å². The highest BCUT2D eigenvalue weighted by molar-refractivity contribution is 6.29. The lowest BCUT2D eigenvalue weighted by atomic mass is 10.3. The quantitative estimate of drug-likeness (QED) is 0.0399. The molecule has 4 aromatic carbocycles. The second-order valence-corrected chi connectivity index (χ2v) is 14.8. The SMILES string of the molecule is CN(C)CCCN.Cc1cc(Cl)nc(NC(=O)Nc2ccc(Oc3ccccc3)cc2)n1.Cc1cc(NCCCN(C)C)nc(NC(=O)Nc2ccc(Oc3ccccc3)cc2)n1. The summed E-state index contributed by atoms with van der Waals surface area (Å²) in [6.07, 6.45) is 2.09. The van der Waals surface area contributed by atoms with Gasteiger partial charge in [0.1, 0.15) is 34.0 Å². The number of hydrogen-bond acceptors (Lipinski definition) is 12. The molecule has 0 atom stereocenters. The van der Waals surface area contributed by atoms with Gasteiger partial charge in [0.2, 0.25) is 11.9 Å². The van der Waals surface area contributed by atoms with Crippen LogP contribution >= 0.6 is 11.6 Å². The van der Waals surface area contributed by atoms with E-state index >= 15 is 0 Å². The molecule has 0 saturated heterocycles. The van der Waals surface area contributed by atoms with Crippen LogP contribution in [0, 0.1) is 13.8 Å². The molecular weight excluding hydrogens is 820 g/mol. The topological polar surface area (TPSA) is 197 Å². The predicted molar refractivity (Wildman–Crippen MR) is 254 cm³/mol. The van der Waals surface area contributed by atoms with E-state index in [1.807, 2.05) is 87.7 Å². The number of carbonyl (C=O) groups excluding carboxylic acids is 2. The first-order valence-corrected chi connectivity index (χ1v) is 20.6. The lowest BCUT2D eigenvalue weighted by molar-refractivity contribution is 0.261. The zero-order chi connectivity index (χ0) is 45.4. The number of urea groups is 2. The first-order valence-electron chi connectivity index (χ1n) is 20.3. The van der Waals surface area contributed by atoms with Crippen molar-refractivity contribution in [3.05, 3.63) is 138 Å². The van der Waals surface area contributed by atoms with Gasteiger partial charge in [-0.1, -0.05) is 48.0 Å². The van der Waals surface area contributed by atoms with E-state index in [1.165, 1.54) is 0 Å². The van der Waals surface area contributed by atoms with Gasteiger partial charge in [0.25, 0.3) is 0 Å². The molecule has 2 heterocycles. The second-order valence-electron chi connectivity index (χ2n) is 14.4. The highest BCUT2D eigenvalue weighted by Gasteiger charge is 2.09. The van der Waals surface area contributed by atoms with Gasteiger partial charge in [-0.2, -0.15) is 4.98 Å². The zero-order valence-electron chi connectivity index (χ0n) is 36.6. The minimum atomic E-state index is -0.460. The van der Waals surface area contributed by atoms with Crippen molar-refractivity contribution in [3.63, 3.8) is 0 Å². The molecule has 0 radical (unpaired) electrons. The molecular formula is C46H57ClN12O4.